The first kappa shape index (κ1) is 21.2. The number of hydrogen-bond donors (Lipinski definition) is 2. The van der Waals surface area contributed by atoms with Crippen LogP contribution < -0.4 is 14.8 Å². The third kappa shape index (κ3) is 4.39. The van der Waals surface area contributed by atoms with Crippen molar-refractivity contribution in [3.8, 4) is 5.88 Å². The maximum atomic E-state index is 12.7. The molecule has 0 aliphatic carbocycles. The molecule has 2 aromatic rings. The number of sulfonamides is 1. The molecule has 10 nitrogen and oxygen atoms in total. The van der Waals surface area contributed by atoms with Gasteiger partial charge in [0.2, 0.25) is 5.88 Å². The second-order valence-electron chi connectivity index (χ2n) is 9.05. The molecular formula is C18H28N6O4S. The monoisotopic (exact) mass is 424 g/mol. The Labute approximate surface area is 170 Å². The second kappa shape index (κ2) is 7.05. The molecule has 0 spiro atoms. The summed E-state index contributed by atoms with van der Waals surface area (Å²) < 4.78 is 36.0. The molecule has 2 N–H and O–H groups in total. The third-order valence-electron chi connectivity index (χ3n) is 4.38. The van der Waals surface area contributed by atoms with E-state index < -0.39 is 21.6 Å². The van der Waals surface area contributed by atoms with E-state index in [1.54, 1.807) is 10.7 Å². The van der Waals surface area contributed by atoms with Crippen LogP contribution in [0.5, 0.6) is 5.88 Å². The van der Waals surface area contributed by atoms with Crippen molar-refractivity contribution in [1.29, 1.82) is 0 Å². The van der Waals surface area contributed by atoms with Crippen LogP contribution in [0.3, 0.4) is 0 Å². The molecule has 0 bridgehead atoms. The molecule has 160 valence electrons. The first-order valence-electron chi connectivity index (χ1n) is 9.42. The average molecular weight is 425 g/mol. The van der Waals surface area contributed by atoms with Gasteiger partial charge in [0.05, 0.1) is 24.0 Å². The molecule has 3 rings (SSSR count). The number of hydrogen-bond acceptors (Lipinski definition) is 6. The molecule has 1 aliphatic heterocycles. The summed E-state index contributed by atoms with van der Waals surface area (Å²) in [5.41, 5.74) is 0.137. The number of amides is 2. The Morgan fingerprint density at radius 2 is 1.90 bits per heavy atom. The lowest BCUT2D eigenvalue weighted by molar-refractivity contribution is 0.224. The molecule has 0 radical (unpaired) electrons. The van der Waals surface area contributed by atoms with E-state index in [-0.39, 0.29) is 16.2 Å². The van der Waals surface area contributed by atoms with Crippen LogP contribution in [0, 0.1) is 0 Å². The molecule has 2 amide bonds. The Bertz CT molecular complexity index is 1020. The number of nitrogens with zero attached hydrogens (tertiary/aromatic N) is 4. The Hall–Kier alpha value is -2.56. The van der Waals surface area contributed by atoms with Gasteiger partial charge >= 0.3 is 6.03 Å². The third-order valence-corrected chi connectivity index (χ3v) is 5.70. The number of aryl methyl sites for hydroxylation is 1. The zero-order valence-corrected chi connectivity index (χ0v) is 18.4. The number of carbonyl (C=O) groups excluding carboxylic acids is 1. The quantitative estimate of drug-likeness (QED) is 0.781. The van der Waals surface area contributed by atoms with E-state index in [2.05, 4.69) is 15.5 Å². The highest BCUT2D eigenvalue weighted by Crippen LogP contribution is 2.29. The fraction of sp³-hybridized carbons (Fsp3) is 0.611. The summed E-state index contributed by atoms with van der Waals surface area (Å²) in [6.45, 7) is 12.9. The van der Waals surface area contributed by atoms with Gasteiger partial charge < -0.3 is 4.74 Å². The van der Waals surface area contributed by atoms with E-state index in [4.69, 9.17) is 4.74 Å². The zero-order chi connectivity index (χ0) is 21.6. The zero-order valence-electron chi connectivity index (χ0n) is 17.6. The second-order valence-corrected chi connectivity index (χ2v) is 10.7. The van der Waals surface area contributed by atoms with Crippen molar-refractivity contribution in [2.45, 2.75) is 70.4 Å². The minimum atomic E-state index is -4.15. The molecule has 3 heterocycles. The van der Waals surface area contributed by atoms with Gasteiger partial charge in [-0.05, 0) is 20.8 Å². The molecule has 0 saturated carbocycles. The summed E-state index contributed by atoms with van der Waals surface area (Å²) in [5, 5.41) is 11.2. The average Bonchev–Trinajstić information content (AvgIpc) is 3.17. The molecule has 29 heavy (non-hydrogen) atoms. The fourth-order valence-electron chi connectivity index (χ4n) is 2.90. The van der Waals surface area contributed by atoms with Gasteiger partial charge in [-0.2, -0.15) is 10.2 Å². The standard InChI is InChI=1S/C18H28N6O4S/c1-17(2,3)13-10-14(24(21-13)18(4,5)6)20-16(25)22-29(26,27)12-11-19-23-8-7-9-28-15(12)23/h10-11H,7-9H2,1-6H3,(H2,20,22,25). The first-order valence-corrected chi connectivity index (χ1v) is 10.9. The molecule has 0 aromatic carbocycles. The number of anilines is 1. The van der Waals surface area contributed by atoms with Crippen LogP contribution in [0.15, 0.2) is 17.2 Å². The lowest BCUT2D eigenvalue weighted by Crippen LogP contribution is -2.36. The Morgan fingerprint density at radius 3 is 2.52 bits per heavy atom. The van der Waals surface area contributed by atoms with E-state index in [1.807, 2.05) is 46.3 Å². The predicted octanol–water partition coefficient (Wildman–Crippen LogP) is 2.43. The molecular weight excluding hydrogens is 396 g/mol. The van der Waals surface area contributed by atoms with Gasteiger partial charge in [-0.25, -0.2) is 27.3 Å². The van der Waals surface area contributed by atoms with Crippen molar-refractivity contribution < 1.29 is 17.9 Å². The lowest BCUT2D eigenvalue weighted by Gasteiger charge is -2.23. The number of carbonyl (C=O) groups is 1. The first-order chi connectivity index (χ1) is 13.3. The number of urea groups is 1. The molecule has 11 heteroatoms. The van der Waals surface area contributed by atoms with Crippen LogP contribution in [0.25, 0.3) is 0 Å². The summed E-state index contributed by atoms with van der Waals surface area (Å²) in [5.74, 6) is 0.551. The smallest absolute Gasteiger partial charge is 0.334 e. The van der Waals surface area contributed by atoms with Gasteiger partial charge in [0.15, 0.2) is 4.90 Å². The topological polar surface area (TPSA) is 120 Å². The minimum Gasteiger partial charge on any atom is -0.477 e. The summed E-state index contributed by atoms with van der Waals surface area (Å²) in [6, 6.07) is 0.870. The van der Waals surface area contributed by atoms with E-state index in [0.29, 0.717) is 19.0 Å². The Balaban J connectivity index is 1.84. The van der Waals surface area contributed by atoms with Crippen LogP contribution >= 0.6 is 0 Å². The van der Waals surface area contributed by atoms with Crippen molar-refractivity contribution in [1.82, 2.24) is 24.3 Å². The van der Waals surface area contributed by atoms with E-state index >= 15 is 0 Å². The molecule has 0 unspecified atom stereocenters. The summed E-state index contributed by atoms with van der Waals surface area (Å²) in [6.07, 6.45) is 1.93. The lowest BCUT2D eigenvalue weighted by atomic mass is 9.92. The van der Waals surface area contributed by atoms with Gasteiger partial charge in [-0.3, -0.25) is 5.32 Å². The number of fused-ring (bicyclic) bond motifs is 1. The summed E-state index contributed by atoms with van der Waals surface area (Å²) in [4.78, 5) is 12.4. The maximum absolute atomic E-state index is 12.7. The summed E-state index contributed by atoms with van der Waals surface area (Å²) in [7, 11) is -4.15. The number of nitrogens with one attached hydrogen (secondary N) is 2. The van der Waals surface area contributed by atoms with E-state index in [0.717, 1.165) is 12.1 Å². The van der Waals surface area contributed by atoms with Crippen molar-refractivity contribution in [3.05, 3.63) is 18.0 Å². The normalized spacial score (nSPS) is 14.8. The van der Waals surface area contributed by atoms with Crippen LogP contribution in [-0.4, -0.2) is 40.6 Å². The van der Waals surface area contributed by atoms with E-state index in [1.165, 1.54) is 10.9 Å². The fourth-order valence-corrected chi connectivity index (χ4v) is 3.88. The highest BCUT2D eigenvalue weighted by Gasteiger charge is 2.30. The van der Waals surface area contributed by atoms with Gasteiger partial charge in [-0.1, -0.05) is 20.8 Å². The van der Waals surface area contributed by atoms with Gasteiger partial charge in [0.1, 0.15) is 5.82 Å². The van der Waals surface area contributed by atoms with Crippen LogP contribution in [0.4, 0.5) is 10.6 Å². The van der Waals surface area contributed by atoms with Gasteiger partial charge in [0.25, 0.3) is 10.0 Å². The Morgan fingerprint density at radius 1 is 1.21 bits per heavy atom. The van der Waals surface area contributed by atoms with Crippen molar-refractivity contribution in [3.63, 3.8) is 0 Å². The van der Waals surface area contributed by atoms with Crippen LogP contribution in [0.2, 0.25) is 0 Å². The SMILES string of the molecule is CC(C)(C)c1cc(NC(=O)NS(=O)(=O)c2cnn3c2OCCC3)n(C(C)(C)C)n1. The molecule has 1 aliphatic rings. The van der Waals surface area contributed by atoms with Gasteiger partial charge in [-0.15, -0.1) is 0 Å². The largest absolute Gasteiger partial charge is 0.477 e. The highest BCUT2D eigenvalue weighted by molar-refractivity contribution is 7.90. The summed E-state index contributed by atoms with van der Waals surface area (Å²) >= 11 is 0. The number of rotatable bonds is 3. The number of aromatic nitrogens is 4. The van der Waals surface area contributed by atoms with Crippen LogP contribution in [-0.2, 0) is 27.5 Å². The molecule has 2 aromatic heterocycles. The van der Waals surface area contributed by atoms with Gasteiger partial charge in [0, 0.05) is 24.4 Å². The van der Waals surface area contributed by atoms with Crippen molar-refractivity contribution >= 4 is 21.9 Å². The highest BCUT2D eigenvalue weighted by atomic mass is 32.2. The molecule has 0 atom stereocenters. The predicted molar refractivity (Wildman–Crippen MR) is 108 cm³/mol. The Kier molecular flexibility index (Phi) is 5.14. The maximum Gasteiger partial charge on any atom is 0.334 e. The van der Waals surface area contributed by atoms with E-state index in [9.17, 15) is 13.2 Å². The molecule has 0 saturated heterocycles. The minimum absolute atomic E-state index is 0.145. The van der Waals surface area contributed by atoms with Crippen molar-refractivity contribution in [2.24, 2.45) is 0 Å². The molecule has 0 fully saturated rings. The van der Waals surface area contributed by atoms with Crippen molar-refractivity contribution in [2.75, 3.05) is 11.9 Å². The van der Waals surface area contributed by atoms with Crippen LogP contribution in [0.1, 0.15) is 53.7 Å². The number of ether oxygens (including phenoxy) is 1.